The average Bonchev–Trinajstić information content (AvgIpc) is 2.99. The molecule has 1 aromatic heterocycles. The Morgan fingerprint density at radius 3 is 2.10 bits per heavy atom. The first-order valence-corrected chi connectivity index (χ1v) is 13.0. The highest BCUT2D eigenvalue weighted by Crippen LogP contribution is 2.34. The van der Waals surface area contributed by atoms with Gasteiger partial charge in [-0.1, -0.05) is 62.4 Å². The quantitative estimate of drug-likeness (QED) is 0.263. The molecule has 3 N–H and O–H groups in total. The summed E-state index contributed by atoms with van der Waals surface area (Å²) in [4.78, 5) is 41.8. The Morgan fingerprint density at radius 2 is 1.50 bits per heavy atom. The van der Waals surface area contributed by atoms with E-state index in [0.29, 0.717) is 54.1 Å². The molecular weight excluding hydrogens is 510 g/mol. The number of para-hydroxylation sites is 1. The van der Waals surface area contributed by atoms with Crippen LogP contribution in [-0.2, 0) is 6.54 Å². The van der Waals surface area contributed by atoms with E-state index >= 15 is 0 Å². The molecule has 0 atom stereocenters. The van der Waals surface area contributed by atoms with Gasteiger partial charge < -0.3 is 20.7 Å². The summed E-state index contributed by atoms with van der Waals surface area (Å²) in [5.41, 5.74) is 1.29. The van der Waals surface area contributed by atoms with Crippen LogP contribution in [0, 0.1) is 10.1 Å². The molecule has 1 aliphatic heterocycles. The van der Waals surface area contributed by atoms with Crippen LogP contribution in [0.2, 0.25) is 0 Å². The third-order valence-corrected chi connectivity index (χ3v) is 6.71. The SMILES string of the molecule is CC.COc1ccc(C(=O)N2CCN(c3c([N+](=O)[O-])c(=O)n(Cc4ccccc4)c4ccccc34)CC2)cc1.N. The van der Waals surface area contributed by atoms with Crippen LogP contribution >= 0.6 is 0 Å². The highest BCUT2D eigenvalue weighted by atomic mass is 16.6. The monoisotopic (exact) mass is 545 g/mol. The largest absolute Gasteiger partial charge is 0.497 e. The summed E-state index contributed by atoms with van der Waals surface area (Å²) >= 11 is 0. The zero-order valence-electron chi connectivity index (χ0n) is 23.1. The Morgan fingerprint density at radius 1 is 0.900 bits per heavy atom. The Hall–Kier alpha value is -4.70. The third kappa shape index (κ3) is 5.97. The van der Waals surface area contributed by atoms with Crippen molar-refractivity contribution in [3.63, 3.8) is 0 Å². The fourth-order valence-electron chi connectivity index (χ4n) is 4.83. The van der Waals surface area contributed by atoms with E-state index in [-0.39, 0.29) is 18.6 Å². The molecule has 1 saturated heterocycles. The van der Waals surface area contributed by atoms with Gasteiger partial charge in [0.25, 0.3) is 5.91 Å². The van der Waals surface area contributed by atoms with Gasteiger partial charge in [-0.3, -0.25) is 24.3 Å². The molecule has 210 valence electrons. The van der Waals surface area contributed by atoms with Crippen molar-refractivity contribution < 1.29 is 14.5 Å². The van der Waals surface area contributed by atoms with Crippen LogP contribution in [0.3, 0.4) is 0 Å². The molecular formula is C30H35N5O5. The predicted molar refractivity (Wildman–Crippen MR) is 158 cm³/mol. The lowest BCUT2D eigenvalue weighted by atomic mass is 10.1. The number of nitro groups is 1. The molecule has 4 aromatic rings. The minimum atomic E-state index is -0.640. The van der Waals surface area contributed by atoms with Crippen molar-refractivity contribution in [1.82, 2.24) is 15.6 Å². The summed E-state index contributed by atoms with van der Waals surface area (Å²) < 4.78 is 6.63. The van der Waals surface area contributed by atoms with Crippen molar-refractivity contribution in [2.24, 2.45) is 0 Å². The van der Waals surface area contributed by atoms with Crippen LogP contribution in [-0.4, -0.2) is 53.6 Å². The highest BCUT2D eigenvalue weighted by molar-refractivity contribution is 5.97. The summed E-state index contributed by atoms with van der Waals surface area (Å²) in [6.45, 7) is 5.72. The number of carbonyl (C=O) groups excluding carboxylic acids is 1. The normalized spacial score (nSPS) is 12.7. The van der Waals surface area contributed by atoms with Gasteiger partial charge in [0.1, 0.15) is 11.4 Å². The number of nitrogens with zero attached hydrogens (tertiary/aromatic N) is 4. The van der Waals surface area contributed by atoms with Crippen LogP contribution in [0.1, 0.15) is 29.8 Å². The van der Waals surface area contributed by atoms with E-state index in [9.17, 15) is 19.7 Å². The van der Waals surface area contributed by atoms with Gasteiger partial charge >= 0.3 is 11.2 Å². The maximum Gasteiger partial charge on any atom is 0.357 e. The van der Waals surface area contributed by atoms with Gasteiger partial charge in [-0.2, -0.15) is 0 Å². The first-order valence-electron chi connectivity index (χ1n) is 13.0. The molecule has 0 radical (unpaired) electrons. The lowest BCUT2D eigenvalue weighted by Crippen LogP contribution is -2.49. The number of piperazine rings is 1. The van der Waals surface area contributed by atoms with Gasteiger partial charge in [-0.05, 0) is 35.9 Å². The van der Waals surface area contributed by atoms with E-state index in [1.54, 1.807) is 36.3 Å². The molecule has 0 bridgehead atoms. The van der Waals surface area contributed by atoms with E-state index in [0.717, 1.165) is 5.56 Å². The van der Waals surface area contributed by atoms with Gasteiger partial charge in [0.2, 0.25) is 0 Å². The summed E-state index contributed by atoms with van der Waals surface area (Å²) in [5, 5.41) is 12.9. The Labute approximate surface area is 233 Å². The number of fused-ring (bicyclic) bond motifs is 1. The molecule has 5 rings (SSSR count). The molecule has 0 unspecified atom stereocenters. The lowest BCUT2D eigenvalue weighted by Gasteiger charge is -2.36. The van der Waals surface area contributed by atoms with Crippen LogP contribution in [0.5, 0.6) is 5.75 Å². The lowest BCUT2D eigenvalue weighted by molar-refractivity contribution is -0.385. The van der Waals surface area contributed by atoms with Crippen molar-refractivity contribution in [1.29, 1.82) is 0 Å². The fraction of sp³-hybridized carbons (Fsp3) is 0.267. The second-order valence-electron chi connectivity index (χ2n) is 8.86. The molecule has 3 aromatic carbocycles. The molecule has 10 nitrogen and oxygen atoms in total. The van der Waals surface area contributed by atoms with E-state index in [1.165, 1.54) is 4.57 Å². The number of aromatic nitrogens is 1. The van der Waals surface area contributed by atoms with Gasteiger partial charge in [-0.15, -0.1) is 0 Å². The molecule has 0 saturated carbocycles. The molecule has 1 aliphatic rings. The highest BCUT2D eigenvalue weighted by Gasteiger charge is 2.32. The average molecular weight is 546 g/mol. The molecule has 40 heavy (non-hydrogen) atoms. The predicted octanol–water partition coefficient (Wildman–Crippen LogP) is 5.12. The molecule has 1 fully saturated rings. The number of methoxy groups -OCH3 is 1. The second-order valence-corrected chi connectivity index (χ2v) is 8.86. The molecule has 10 heteroatoms. The van der Waals surface area contributed by atoms with Crippen LogP contribution in [0.15, 0.2) is 83.7 Å². The third-order valence-electron chi connectivity index (χ3n) is 6.71. The number of anilines is 1. The van der Waals surface area contributed by atoms with Crippen LogP contribution in [0.4, 0.5) is 11.4 Å². The number of hydrogen-bond donors (Lipinski definition) is 1. The summed E-state index contributed by atoms with van der Waals surface area (Å²) in [6, 6.07) is 23.6. The Balaban J connectivity index is 0.00000144. The number of rotatable bonds is 6. The molecule has 0 aliphatic carbocycles. The van der Waals surface area contributed by atoms with Crippen molar-refractivity contribution >= 4 is 28.2 Å². The number of pyridine rings is 1. The van der Waals surface area contributed by atoms with Crippen molar-refractivity contribution in [3.05, 3.63) is 110 Å². The number of carbonyl (C=O) groups is 1. The topological polar surface area (TPSA) is 133 Å². The van der Waals surface area contributed by atoms with E-state index < -0.39 is 16.2 Å². The van der Waals surface area contributed by atoms with Gasteiger partial charge in [-0.25, -0.2) is 0 Å². The number of ether oxygens (including phenoxy) is 1. The van der Waals surface area contributed by atoms with Gasteiger partial charge in [0.15, 0.2) is 0 Å². The van der Waals surface area contributed by atoms with Gasteiger partial charge in [0, 0.05) is 37.1 Å². The van der Waals surface area contributed by atoms with E-state index in [4.69, 9.17) is 4.74 Å². The van der Waals surface area contributed by atoms with Crippen LogP contribution < -0.4 is 21.3 Å². The number of benzene rings is 3. The summed E-state index contributed by atoms with van der Waals surface area (Å²) in [5.74, 6) is 0.558. The number of amides is 1. The fourth-order valence-corrected chi connectivity index (χ4v) is 4.83. The molecule has 2 heterocycles. The summed E-state index contributed by atoms with van der Waals surface area (Å²) in [6.07, 6.45) is 0. The van der Waals surface area contributed by atoms with Crippen molar-refractivity contribution in [2.75, 3.05) is 38.2 Å². The Kier molecular flexibility index (Phi) is 9.99. The minimum Gasteiger partial charge on any atom is -0.497 e. The van der Waals surface area contributed by atoms with E-state index in [1.807, 2.05) is 73.3 Å². The molecule has 1 amide bonds. The minimum absolute atomic E-state index is 0. The van der Waals surface area contributed by atoms with Crippen molar-refractivity contribution in [2.45, 2.75) is 20.4 Å². The van der Waals surface area contributed by atoms with Crippen molar-refractivity contribution in [3.8, 4) is 5.75 Å². The molecule has 0 spiro atoms. The smallest absolute Gasteiger partial charge is 0.357 e. The maximum atomic E-state index is 13.5. The Bertz CT molecular complexity index is 1510. The van der Waals surface area contributed by atoms with Gasteiger partial charge in [0.05, 0.1) is 24.1 Å². The zero-order valence-corrected chi connectivity index (χ0v) is 23.1. The maximum absolute atomic E-state index is 13.5. The standard InChI is InChI=1S/C28H26N4O5.C2H6.H3N/c1-37-22-13-11-21(12-14-22)27(33)30-17-15-29(16-18-30)25-23-9-5-6-10-24(23)31(28(34)26(25)32(35)36)19-20-7-3-2-4-8-20;1-2;/h2-14H,15-19H2,1H3;1-2H3;1H3. The first kappa shape index (κ1) is 29.9. The second kappa shape index (κ2) is 13.4. The van der Waals surface area contributed by atoms with E-state index in [2.05, 4.69) is 0 Å². The summed E-state index contributed by atoms with van der Waals surface area (Å²) in [7, 11) is 1.57. The van der Waals surface area contributed by atoms with Crippen LogP contribution in [0.25, 0.3) is 10.9 Å². The zero-order chi connectivity index (χ0) is 27.9. The number of hydrogen-bond acceptors (Lipinski definition) is 7. The first-order chi connectivity index (χ1) is 19.0.